The smallest absolute Gasteiger partial charge is 0.0625 e. The predicted octanol–water partition coefficient (Wildman–Crippen LogP) is 3.10. The third-order valence-electron chi connectivity index (χ3n) is 1.76. The lowest BCUT2D eigenvalue weighted by atomic mass is 10.1. The molecule has 1 aromatic carbocycles. The summed E-state index contributed by atoms with van der Waals surface area (Å²) < 4.78 is 0. The van der Waals surface area contributed by atoms with Gasteiger partial charge in [-0.25, -0.2) is 0 Å². The first-order chi connectivity index (χ1) is 5.74. The molecule has 0 aromatic heterocycles. The highest BCUT2D eigenvalue weighted by Gasteiger charge is 1.96. The number of nitriles is 1. The molecule has 1 aromatic rings. The molecule has 0 heterocycles. The molecule has 0 radical (unpaired) electrons. The van der Waals surface area contributed by atoms with Crippen LogP contribution in [-0.4, -0.2) is 0 Å². The van der Waals surface area contributed by atoms with Gasteiger partial charge in [-0.05, 0) is 30.5 Å². The SMILES string of the molecule is Cc1ccc(CCC#N)cc1Cl. The second kappa shape index (κ2) is 4.13. The normalized spacial score (nSPS) is 9.42. The summed E-state index contributed by atoms with van der Waals surface area (Å²) in [5.41, 5.74) is 2.21. The van der Waals surface area contributed by atoms with Crippen molar-refractivity contribution in [2.45, 2.75) is 19.8 Å². The molecule has 0 atom stereocenters. The molecule has 0 bridgehead atoms. The maximum Gasteiger partial charge on any atom is 0.0625 e. The van der Waals surface area contributed by atoms with Gasteiger partial charge in [0, 0.05) is 11.4 Å². The maximum atomic E-state index is 8.37. The number of hydrogen-bond donors (Lipinski definition) is 0. The van der Waals surface area contributed by atoms with Gasteiger partial charge in [-0.2, -0.15) is 5.26 Å². The zero-order valence-electron chi connectivity index (χ0n) is 6.97. The van der Waals surface area contributed by atoms with Gasteiger partial charge in [-0.15, -0.1) is 0 Å². The zero-order valence-corrected chi connectivity index (χ0v) is 7.73. The minimum Gasteiger partial charge on any atom is -0.198 e. The summed E-state index contributed by atoms with van der Waals surface area (Å²) in [4.78, 5) is 0. The highest BCUT2D eigenvalue weighted by atomic mass is 35.5. The lowest BCUT2D eigenvalue weighted by Crippen LogP contribution is -1.84. The van der Waals surface area contributed by atoms with Gasteiger partial charge in [0.05, 0.1) is 6.07 Å². The molecule has 1 nitrogen and oxygen atoms in total. The van der Waals surface area contributed by atoms with Crippen LogP contribution in [0.4, 0.5) is 0 Å². The number of halogens is 1. The molecule has 0 saturated carbocycles. The summed E-state index contributed by atoms with van der Waals surface area (Å²) in [5.74, 6) is 0. The van der Waals surface area contributed by atoms with E-state index in [1.54, 1.807) is 0 Å². The molecular formula is C10H10ClN. The van der Waals surface area contributed by atoms with Crippen LogP contribution in [0.5, 0.6) is 0 Å². The Kier molecular flexibility index (Phi) is 3.13. The number of benzene rings is 1. The molecule has 1 rings (SSSR count). The topological polar surface area (TPSA) is 23.8 Å². The second-order valence-corrected chi connectivity index (χ2v) is 3.15. The Labute approximate surface area is 77.6 Å². The molecular weight excluding hydrogens is 170 g/mol. The fraction of sp³-hybridized carbons (Fsp3) is 0.300. The summed E-state index contributed by atoms with van der Waals surface area (Å²) >= 11 is 5.91. The minimum atomic E-state index is 0.555. The van der Waals surface area contributed by atoms with Crippen molar-refractivity contribution in [2.75, 3.05) is 0 Å². The Morgan fingerprint density at radius 2 is 2.25 bits per heavy atom. The van der Waals surface area contributed by atoms with Crippen molar-refractivity contribution in [3.8, 4) is 6.07 Å². The third kappa shape index (κ3) is 2.25. The van der Waals surface area contributed by atoms with E-state index in [2.05, 4.69) is 6.07 Å². The first-order valence-corrected chi connectivity index (χ1v) is 4.24. The molecule has 62 valence electrons. The highest BCUT2D eigenvalue weighted by Crippen LogP contribution is 2.17. The van der Waals surface area contributed by atoms with Crippen molar-refractivity contribution in [1.29, 1.82) is 5.26 Å². The van der Waals surface area contributed by atoms with E-state index in [1.807, 2.05) is 25.1 Å². The number of rotatable bonds is 2. The third-order valence-corrected chi connectivity index (χ3v) is 2.17. The Bertz CT molecular complexity index is 312. The molecule has 0 aliphatic heterocycles. The molecule has 0 saturated heterocycles. The van der Waals surface area contributed by atoms with E-state index in [-0.39, 0.29) is 0 Å². The van der Waals surface area contributed by atoms with E-state index in [0.29, 0.717) is 6.42 Å². The molecule has 0 fully saturated rings. The van der Waals surface area contributed by atoms with Gasteiger partial charge in [0.15, 0.2) is 0 Å². The van der Waals surface area contributed by atoms with Gasteiger partial charge in [-0.1, -0.05) is 23.7 Å². The molecule has 0 spiro atoms. The lowest BCUT2D eigenvalue weighted by Gasteiger charge is -2.00. The fourth-order valence-electron chi connectivity index (χ4n) is 0.992. The van der Waals surface area contributed by atoms with Crippen LogP contribution in [0.1, 0.15) is 17.5 Å². The van der Waals surface area contributed by atoms with Crippen LogP contribution < -0.4 is 0 Å². The monoisotopic (exact) mass is 179 g/mol. The quantitative estimate of drug-likeness (QED) is 0.685. The zero-order chi connectivity index (χ0) is 8.97. The van der Waals surface area contributed by atoms with Crippen molar-refractivity contribution in [3.05, 3.63) is 34.3 Å². The Balaban J connectivity index is 2.77. The van der Waals surface area contributed by atoms with Gasteiger partial charge in [0.25, 0.3) is 0 Å². The Morgan fingerprint density at radius 1 is 1.50 bits per heavy atom. The molecule has 0 aliphatic rings. The van der Waals surface area contributed by atoms with E-state index in [1.165, 1.54) is 0 Å². The first-order valence-electron chi connectivity index (χ1n) is 3.86. The van der Waals surface area contributed by atoms with Crippen LogP contribution in [-0.2, 0) is 6.42 Å². The second-order valence-electron chi connectivity index (χ2n) is 2.74. The summed E-state index contributed by atoms with van der Waals surface area (Å²) in [6, 6.07) is 8.03. The maximum absolute atomic E-state index is 8.37. The van der Waals surface area contributed by atoms with Crippen LogP contribution in [0.25, 0.3) is 0 Å². The minimum absolute atomic E-state index is 0.555. The van der Waals surface area contributed by atoms with Crippen molar-refractivity contribution < 1.29 is 0 Å². The van der Waals surface area contributed by atoms with Crippen LogP contribution in [0.2, 0.25) is 5.02 Å². The van der Waals surface area contributed by atoms with Crippen LogP contribution in [0.3, 0.4) is 0 Å². The van der Waals surface area contributed by atoms with E-state index in [0.717, 1.165) is 22.6 Å². The summed E-state index contributed by atoms with van der Waals surface area (Å²) in [6.45, 7) is 1.97. The van der Waals surface area contributed by atoms with E-state index in [9.17, 15) is 0 Å². The van der Waals surface area contributed by atoms with Crippen molar-refractivity contribution >= 4 is 11.6 Å². The molecule has 0 N–H and O–H groups in total. The Morgan fingerprint density at radius 3 is 2.83 bits per heavy atom. The average molecular weight is 180 g/mol. The fourth-order valence-corrected chi connectivity index (χ4v) is 1.20. The van der Waals surface area contributed by atoms with E-state index in [4.69, 9.17) is 16.9 Å². The predicted molar refractivity (Wildman–Crippen MR) is 50.1 cm³/mol. The Hall–Kier alpha value is -1.00. The lowest BCUT2D eigenvalue weighted by molar-refractivity contribution is 1.01. The van der Waals surface area contributed by atoms with Gasteiger partial charge in [0.1, 0.15) is 0 Å². The summed E-state index contributed by atoms with van der Waals surface area (Å²) in [5, 5.41) is 9.15. The molecule has 0 unspecified atom stereocenters. The van der Waals surface area contributed by atoms with Gasteiger partial charge in [0.2, 0.25) is 0 Å². The van der Waals surface area contributed by atoms with E-state index < -0.39 is 0 Å². The van der Waals surface area contributed by atoms with Gasteiger partial charge >= 0.3 is 0 Å². The number of nitrogens with zero attached hydrogens (tertiary/aromatic N) is 1. The molecule has 12 heavy (non-hydrogen) atoms. The summed E-state index contributed by atoms with van der Waals surface area (Å²) in [6.07, 6.45) is 1.34. The highest BCUT2D eigenvalue weighted by molar-refractivity contribution is 6.31. The van der Waals surface area contributed by atoms with Crippen LogP contribution >= 0.6 is 11.6 Å². The first kappa shape index (κ1) is 9.09. The van der Waals surface area contributed by atoms with Gasteiger partial charge < -0.3 is 0 Å². The van der Waals surface area contributed by atoms with E-state index >= 15 is 0 Å². The molecule has 0 amide bonds. The largest absolute Gasteiger partial charge is 0.198 e. The van der Waals surface area contributed by atoms with Crippen molar-refractivity contribution in [1.82, 2.24) is 0 Å². The van der Waals surface area contributed by atoms with Crippen LogP contribution in [0, 0.1) is 18.3 Å². The number of hydrogen-bond acceptors (Lipinski definition) is 1. The summed E-state index contributed by atoms with van der Waals surface area (Å²) in [7, 11) is 0. The number of aryl methyl sites for hydroxylation is 2. The van der Waals surface area contributed by atoms with Crippen LogP contribution in [0.15, 0.2) is 18.2 Å². The standard InChI is InChI=1S/C10H10ClN/c1-8-4-5-9(3-2-6-12)7-10(8)11/h4-5,7H,2-3H2,1H3. The van der Waals surface area contributed by atoms with Gasteiger partial charge in [-0.3, -0.25) is 0 Å². The molecule has 0 aliphatic carbocycles. The van der Waals surface area contributed by atoms with Crippen molar-refractivity contribution in [3.63, 3.8) is 0 Å². The van der Waals surface area contributed by atoms with Crippen molar-refractivity contribution in [2.24, 2.45) is 0 Å². The average Bonchev–Trinajstić information content (AvgIpc) is 2.07. The molecule has 2 heteroatoms.